The van der Waals surface area contributed by atoms with Crippen molar-refractivity contribution in [2.24, 2.45) is 11.3 Å². The second-order valence-electron chi connectivity index (χ2n) is 6.93. The number of carbonyl (C=O) groups excluding carboxylic acids is 2. The van der Waals surface area contributed by atoms with Crippen LogP contribution in [0.5, 0.6) is 5.75 Å². The number of benzene rings is 2. The van der Waals surface area contributed by atoms with E-state index in [1.54, 1.807) is 43.1 Å². The number of ketones is 1. The van der Waals surface area contributed by atoms with Crippen molar-refractivity contribution < 1.29 is 19.1 Å². The second-order valence-corrected chi connectivity index (χ2v) is 7.84. The van der Waals surface area contributed by atoms with Gasteiger partial charge in [-0.25, -0.2) is 0 Å². The van der Waals surface area contributed by atoms with E-state index in [9.17, 15) is 9.59 Å². The topological polar surface area (TPSA) is 52.6 Å². The van der Waals surface area contributed by atoms with Crippen LogP contribution in [-0.2, 0) is 16.1 Å². The fraction of sp³-hybridized carbons (Fsp3) is 0.364. The van der Waals surface area contributed by atoms with Gasteiger partial charge >= 0.3 is 5.97 Å². The van der Waals surface area contributed by atoms with E-state index in [1.165, 1.54) is 0 Å². The second kappa shape index (κ2) is 8.61. The Kier molecular flexibility index (Phi) is 6.22. The summed E-state index contributed by atoms with van der Waals surface area (Å²) < 4.78 is 10.7. The van der Waals surface area contributed by atoms with Crippen LogP contribution in [0.2, 0.25) is 0 Å². The number of rotatable bonds is 8. The molecule has 0 atom stereocenters. The fourth-order valence-corrected chi connectivity index (χ4v) is 4.31. The predicted octanol–water partition coefficient (Wildman–Crippen LogP) is 4.38. The molecule has 0 aromatic heterocycles. The lowest BCUT2D eigenvalue weighted by molar-refractivity contribution is -0.161. The molecule has 0 N–H and O–H groups in total. The van der Waals surface area contributed by atoms with Crippen LogP contribution in [0.4, 0.5) is 0 Å². The standard InChI is InChI=1S/C22H24O4S/c1-25-19-10-8-18(9-11-19)20(23)22(12-17(13-22)15-27-2)21(24)26-14-16-6-4-3-5-7-16/h3-11,17H,12-15H2,1-2H3. The van der Waals surface area contributed by atoms with E-state index < -0.39 is 11.4 Å². The summed E-state index contributed by atoms with van der Waals surface area (Å²) >= 11 is 1.74. The van der Waals surface area contributed by atoms with Crippen molar-refractivity contribution >= 4 is 23.5 Å². The van der Waals surface area contributed by atoms with Gasteiger partial charge in [0.25, 0.3) is 0 Å². The molecule has 1 saturated carbocycles. The Labute approximate surface area is 164 Å². The highest BCUT2D eigenvalue weighted by atomic mass is 32.2. The monoisotopic (exact) mass is 384 g/mol. The first-order chi connectivity index (χ1) is 13.1. The lowest BCUT2D eigenvalue weighted by Gasteiger charge is -2.44. The van der Waals surface area contributed by atoms with Crippen LogP contribution in [-0.4, -0.2) is 30.9 Å². The minimum absolute atomic E-state index is 0.152. The van der Waals surface area contributed by atoms with Gasteiger partial charge in [0.1, 0.15) is 17.8 Å². The minimum Gasteiger partial charge on any atom is -0.497 e. The van der Waals surface area contributed by atoms with Crippen LogP contribution < -0.4 is 4.74 Å². The molecule has 2 aromatic carbocycles. The molecule has 0 aliphatic heterocycles. The summed E-state index contributed by atoms with van der Waals surface area (Å²) in [6.07, 6.45) is 3.14. The Balaban J connectivity index is 1.76. The van der Waals surface area contributed by atoms with Gasteiger partial charge in [-0.15, -0.1) is 0 Å². The quantitative estimate of drug-likeness (QED) is 0.384. The van der Waals surface area contributed by atoms with Gasteiger partial charge in [0.15, 0.2) is 5.78 Å². The van der Waals surface area contributed by atoms with Crippen molar-refractivity contribution in [3.63, 3.8) is 0 Å². The largest absolute Gasteiger partial charge is 0.497 e. The van der Waals surface area contributed by atoms with E-state index in [2.05, 4.69) is 0 Å². The third-order valence-corrected chi connectivity index (χ3v) is 5.87. The van der Waals surface area contributed by atoms with Gasteiger partial charge in [-0.1, -0.05) is 30.3 Å². The van der Waals surface area contributed by atoms with Gasteiger partial charge in [-0.2, -0.15) is 11.8 Å². The molecule has 5 heteroatoms. The lowest BCUT2D eigenvalue weighted by atomic mass is 9.59. The van der Waals surface area contributed by atoms with Crippen molar-refractivity contribution in [3.05, 3.63) is 65.7 Å². The maximum Gasteiger partial charge on any atom is 0.320 e. The van der Waals surface area contributed by atoms with Gasteiger partial charge < -0.3 is 9.47 Å². The molecular formula is C22H24O4S. The van der Waals surface area contributed by atoms with Crippen LogP contribution >= 0.6 is 11.8 Å². The molecule has 1 fully saturated rings. The molecule has 27 heavy (non-hydrogen) atoms. The van der Waals surface area contributed by atoms with E-state index in [0.717, 1.165) is 11.3 Å². The number of hydrogen-bond donors (Lipinski definition) is 0. The highest BCUT2D eigenvalue weighted by molar-refractivity contribution is 7.98. The molecule has 0 radical (unpaired) electrons. The molecule has 2 aromatic rings. The van der Waals surface area contributed by atoms with Crippen molar-refractivity contribution in [2.75, 3.05) is 19.1 Å². The summed E-state index contributed by atoms with van der Waals surface area (Å²) in [5.74, 6) is 1.43. The maximum atomic E-state index is 13.2. The van der Waals surface area contributed by atoms with Crippen LogP contribution in [0.15, 0.2) is 54.6 Å². The van der Waals surface area contributed by atoms with Crippen molar-refractivity contribution in [1.29, 1.82) is 0 Å². The molecule has 0 spiro atoms. The number of methoxy groups -OCH3 is 1. The number of Topliss-reactive ketones (excluding diaryl/α,β-unsaturated/α-hetero) is 1. The molecule has 0 unspecified atom stereocenters. The van der Waals surface area contributed by atoms with Crippen molar-refractivity contribution in [2.45, 2.75) is 19.4 Å². The fourth-order valence-electron chi connectivity index (χ4n) is 3.60. The molecule has 0 heterocycles. The SMILES string of the molecule is COc1ccc(C(=O)C2(C(=O)OCc3ccccc3)CC(CSC)C2)cc1. The van der Waals surface area contributed by atoms with Crippen molar-refractivity contribution in [3.8, 4) is 5.75 Å². The average molecular weight is 384 g/mol. The molecule has 0 saturated heterocycles. The first-order valence-corrected chi connectivity index (χ1v) is 10.4. The summed E-state index contributed by atoms with van der Waals surface area (Å²) in [6, 6.07) is 16.5. The Hall–Kier alpha value is -2.27. The van der Waals surface area contributed by atoms with Gasteiger partial charge in [-0.3, -0.25) is 9.59 Å². The Morgan fingerprint density at radius 3 is 2.33 bits per heavy atom. The minimum atomic E-state index is -1.07. The Morgan fingerprint density at radius 1 is 1.07 bits per heavy atom. The van der Waals surface area contributed by atoms with E-state index in [4.69, 9.17) is 9.47 Å². The average Bonchev–Trinajstić information content (AvgIpc) is 2.69. The molecule has 1 aliphatic carbocycles. The van der Waals surface area contributed by atoms with E-state index in [1.807, 2.05) is 36.6 Å². The molecule has 1 aliphatic rings. The maximum absolute atomic E-state index is 13.2. The van der Waals surface area contributed by atoms with Crippen LogP contribution in [0, 0.1) is 11.3 Å². The Bertz CT molecular complexity index is 780. The van der Waals surface area contributed by atoms with E-state index in [0.29, 0.717) is 30.1 Å². The number of ether oxygens (including phenoxy) is 2. The summed E-state index contributed by atoms with van der Waals surface area (Å²) in [4.78, 5) is 26.1. The van der Waals surface area contributed by atoms with Gasteiger partial charge in [0.05, 0.1) is 7.11 Å². The smallest absolute Gasteiger partial charge is 0.320 e. The first kappa shape index (κ1) is 19.5. The van der Waals surface area contributed by atoms with E-state index >= 15 is 0 Å². The van der Waals surface area contributed by atoms with Gasteiger partial charge in [0.2, 0.25) is 0 Å². The van der Waals surface area contributed by atoms with Crippen molar-refractivity contribution in [1.82, 2.24) is 0 Å². The van der Waals surface area contributed by atoms with Gasteiger partial charge in [0, 0.05) is 5.56 Å². The molecule has 142 valence electrons. The number of thioether (sulfide) groups is 1. The predicted molar refractivity (Wildman–Crippen MR) is 107 cm³/mol. The highest BCUT2D eigenvalue weighted by Gasteiger charge is 2.56. The molecular weight excluding hydrogens is 360 g/mol. The zero-order valence-corrected chi connectivity index (χ0v) is 16.5. The number of esters is 1. The third-order valence-electron chi connectivity index (χ3n) is 5.07. The lowest BCUT2D eigenvalue weighted by Crippen LogP contribution is -2.51. The summed E-state index contributed by atoms with van der Waals surface area (Å²) in [6.45, 7) is 0.185. The zero-order chi connectivity index (χ0) is 19.3. The Morgan fingerprint density at radius 2 is 1.74 bits per heavy atom. The zero-order valence-electron chi connectivity index (χ0n) is 15.6. The first-order valence-electron chi connectivity index (χ1n) is 8.98. The van der Waals surface area contributed by atoms with Crippen LogP contribution in [0.1, 0.15) is 28.8 Å². The number of hydrogen-bond acceptors (Lipinski definition) is 5. The summed E-state index contributed by atoms with van der Waals surface area (Å²) in [5, 5.41) is 0. The summed E-state index contributed by atoms with van der Waals surface area (Å²) in [5.41, 5.74) is 0.372. The summed E-state index contributed by atoms with van der Waals surface area (Å²) in [7, 11) is 1.58. The molecule has 4 nitrogen and oxygen atoms in total. The number of carbonyl (C=O) groups is 2. The van der Waals surface area contributed by atoms with E-state index in [-0.39, 0.29) is 12.4 Å². The molecule has 3 rings (SSSR count). The van der Waals surface area contributed by atoms with Crippen LogP contribution in [0.3, 0.4) is 0 Å². The third kappa shape index (κ3) is 4.19. The van der Waals surface area contributed by atoms with Crippen LogP contribution in [0.25, 0.3) is 0 Å². The van der Waals surface area contributed by atoms with Gasteiger partial charge in [-0.05, 0) is 60.6 Å². The molecule has 0 amide bonds. The highest BCUT2D eigenvalue weighted by Crippen LogP contribution is 2.50. The molecule has 0 bridgehead atoms. The normalized spacial score (nSPS) is 21.2.